The van der Waals surface area contributed by atoms with Crippen LogP contribution in [0.5, 0.6) is 0 Å². The molecule has 5 heteroatoms. The first kappa shape index (κ1) is 17.6. The summed E-state index contributed by atoms with van der Waals surface area (Å²) < 4.78 is 0. The number of aromatic nitrogens is 2. The highest BCUT2D eigenvalue weighted by atomic mass is 16.1. The normalized spacial score (nSPS) is 10.4. The molecule has 1 amide bonds. The van der Waals surface area contributed by atoms with Crippen molar-refractivity contribution in [1.29, 1.82) is 0 Å². The van der Waals surface area contributed by atoms with Gasteiger partial charge in [-0.25, -0.2) is 9.97 Å². The van der Waals surface area contributed by atoms with Crippen molar-refractivity contribution < 1.29 is 4.79 Å². The average molecular weight is 346 g/mol. The van der Waals surface area contributed by atoms with Crippen molar-refractivity contribution in [3.05, 3.63) is 82.7 Å². The number of nitrogens with zero attached hydrogens (tertiary/aromatic N) is 2. The summed E-state index contributed by atoms with van der Waals surface area (Å²) in [5, 5.41) is 6.10. The minimum atomic E-state index is -0.223. The Hall–Kier alpha value is -3.21. The molecule has 0 bridgehead atoms. The lowest BCUT2D eigenvalue weighted by Crippen LogP contribution is -2.24. The lowest BCUT2D eigenvalue weighted by molar-refractivity contribution is 0.0946. The van der Waals surface area contributed by atoms with Crippen molar-refractivity contribution in [2.45, 2.75) is 27.3 Å². The van der Waals surface area contributed by atoms with Gasteiger partial charge in [0.25, 0.3) is 5.91 Å². The van der Waals surface area contributed by atoms with Crippen LogP contribution in [0.25, 0.3) is 0 Å². The molecule has 0 aliphatic carbocycles. The third-order valence-electron chi connectivity index (χ3n) is 4.44. The molecule has 0 saturated heterocycles. The molecule has 0 saturated carbocycles. The van der Waals surface area contributed by atoms with Crippen LogP contribution in [0.15, 0.2) is 54.7 Å². The molecule has 26 heavy (non-hydrogen) atoms. The van der Waals surface area contributed by atoms with Gasteiger partial charge in [-0.15, -0.1) is 0 Å². The van der Waals surface area contributed by atoms with Crippen molar-refractivity contribution in [2.75, 3.05) is 5.32 Å². The average Bonchev–Trinajstić information content (AvgIpc) is 2.65. The molecule has 132 valence electrons. The van der Waals surface area contributed by atoms with Gasteiger partial charge in [0.2, 0.25) is 5.95 Å². The van der Waals surface area contributed by atoms with Gasteiger partial charge in [-0.3, -0.25) is 4.79 Å². The van der Waals surface area contributed by atoms with Gasteiger partial charge in [0.1, 0.15) is 5.69 Å². The molecular weight excluding hydrogens is 324 g/mol. The Balaban J connectivity index is 1.71. The first-order valence-electron chi connectivity index (χ1n) is 8.53. The number of carbonyl (C=O) groups excluding carboxylic acids is 1. The molecule has 0 atom stereocenters. The lowest BCUT2D eigenvalue weighted by Gasteiger charge is -2.11. The minimum Gasteiger partial charge on any atom is -0.347 e. The van der Waals surface area contributed by atoms with Crippen molar-refractivity contribution in [1.82, 2.24) is 15.3 Å². The van der Waals surface area contributed by atoms with Gasteiger partial charge in [0.15, 0.2) is 0 Å². The second kappa shape index (κ2) is 7.78. The van der Waals surface area contributed by atoms with Crippen molar-refractivity contribution >= 4 is 17.5 Å². The summed E-state index contributed by atoms with van der Waals surface area (Å²) in [7, 11) is 0. The van der Waals surface area contributed by atoms with Crippen LogP contribution in [0.1, 0.15) is 32.7 Å². The van der Waals surface area contributed by atoms with E-state index in [9.17, 15) is 4.79 Å². The molecule has 1 aromatic heterocycles. The van der Waals surface area contributed by atoms with Crippen molar-refractivity contribution in [3.8, 4) is 0 Å². The maximum absolute atomic E-state index is 12.4. The van der Waals surface area contributed by atoms with E-state index in [0.29, 0.717) is 18.2 Å². The van der Waals surface area contributed by atoms with Crippen LogP contribution < -0.4 is 10.6 Å². The monoisotopic (exact) mass is 346 g/mol. The van der Waals surface area contributed by atoms with Crippen LogP contribution in [-0.2, 0) is 6.54 Å². The van der Waals surface area contributed by atoms with Crippen LogP contribution in [0.4, 0.5) is 11.6 Å². The third-order valence-corrected chi connectivity index (χ3v) is 4.44. The highest BCUT2D eigenvalue weighted by molar-refractivity contribution is 5.92. The Kier molecular flexibility index (Phi) is 5.27. The van der Waals surface area contributed by atoms with Crippen molar-refractivity contribution in [2.24, 2.45) is 0 Å². The fourth-order valence-electron chi connectivity index (χ4n) is 2.63. The van der Waals surface area contributed by atoms with E-state index in [1.165, 1.54) is 5.56 Å². The maximum Gasteiger partial charge on any atom is 0.270 e. The van der Waals surface area contributed by atoms with E-state index in [0.717, 1.165) is 22.4 Å². The summed E-state index contributed by atoms with van der Waals surface area (Å²) in [4.78, 5) is 21.0. The molecule has 0 radical (unpaired) electrons. The van der Waals surface area contributed by atoms with Gasteiger partial charge in [0, 0.05) is 18.4 Å². The first-order valence-corrected chi connectivity index (χ1v) is 8.53. The lowest BCUT2D eigenvalue weighted by atomic mass is 10.1. The number of hydrogen-bond acceptors (Lipinski definition) is 4. The Labute approximate surface area is 153 Å². The SMILES string of the molecule is Cc1ccccc1CNC(=O)c1ccnc(Nc2cccc(C)c2C)n1. The smallest absolute Gasteiger partial charge is 0.270 e. The summed E-state index contributed by atoms with van der Waals surface area (Å²) >= 11 is 0. The van der Waals surface area contributed by atoms with E-state index in [2.05, 4.69) is 33.6 Å². The predicted molar refractivity (Wildman–Crippen MR) is 104 cm³/mol. The van der Waals surface area contributed by atoms with Crippen LogP contribution >= 0.6 is 0 Å². The largest absolute Gasteiger partial charge is 0.347 e. The van der Waals surface area contributed by atoms with E-state index < -0.39 is 0 Å². The molecule has 3 aromatic rings. The molecule has 0 unspecified atom stereocenters. The van der Waals surface area contributed by atoms with Crippen LogP contribution in [0.3, 0.4) is 0 Å². The zero-order chi connectivity index (χ0) is 18.5. The molecule has 1 heterocycles. The van der Waals surface area contributed by atoms with E-state index in [1.807, 2.05) is 50.2 Å². The highest BCUT2D eigenvalue weighted by Gasteiger charge is 2.10. The van der Waals surface area contributed by atoms with Gasteiger partial charge in [-0.1, -0.05) is 36.4 Å². The molecule has 3 rings (SSSR count). The van der Waals surface area contributed by atoms with Crippen molar-refractivity contribution in [3.63, 3.8) is 0 Å². The fourth-order valence-corrected chi connectivity index (χ4v) is 2.63. The number of rotatable bonds is 5. The van der Waals surface area contributed by atoms with E-state index in [1.54, 1.807) is 12.3 Å². The van der Waals surface area contributed by atoms with Crippen LogP contribution in [-0.4, -0.2) is 15.9 Å². The molecule has 5 nitrogen and oxygen atoms in total. The molecule has 0 fully saturated rings. The second-order valence-electron chi connectivity index (χ2n) is 6.25. The molecule has 0 aliphatic heterocycles. The summed E-state index contributed by atoms with van der Waals surface area (Å²) in [6, 6.07) is 15.6. The molecular formula is C21H22N4O. The summed E-state index contributed by atoms with van der Waals surface area (Å²) in [6.45, 7) is 6.58. The number of nitrogens with one attached hydrogen (secondary N) is 2. The summed E-state index contributed by atoms with van der Waals surface area (Å²) in [6.07, 6.45) is 1.59. The van der Waals surface area contributed by atoms with E-state index in [4.69, 9.17) is 0 Å². The van der Waals surface area contributed by atoms with Gasteiger partial charge >= 0.3 is 0 Å². The molecule has 2 N–H and O–H groups in total. The zero-order valence-electron chi connectivity index (χ0n) is 15.2. The number of anilines is 2. The Morgan fingerprint density at radius 2 is 1.73 bits per heavy atom. The zero-order valence-corrected chi connectivity index (χ0v) is 15.2. The minimum absolute atomic E-state index is 0.223. The molecule has 0 spiro atoms. The Morgan fingerprint density at radius 1 is 0.962 bits per heavy atom. The fraction of sp³-hybridized carbons (Fsp3) is 0.190. The topological polar surface area (TPSA) is 66.9 Å². The number of benzene rings is 2. The van der Waals surface area contributed by atoms with Gasteiger partial charge in [-0.2, -0.15) is 0 Å². The van der Waals surface area contributed by atoms with Gasteiger partial charge in [-0.05, 0) is 55.2 Å². The second-order valence-corrected chi connectivity index (χ2v) is 6.25. The standard InChI is InChI=1S/C21H22N4O/c1-14-8-6-10-18(16(14)3)24-21-22-12-11-19(25-21)20(26)23-13-17-9-5-4-7-15(17)2/h4-12H,13H2,1-3H3,(H,23,26)(H,22,24,25). The van der Waals surface area contributed by atoms with Gasteiger partial charge < -0.3 is 10.6 Å². The van der Waals surface area contributed by atoms with Crippen LogP contribution in [0, 0.1) is 20.8 Å². The summed E-state index contributed by atoms with van der Waals surface area (Å²) in [5.74, 6) is 0.182. The molecule has 0 aliphatic rings. The number of hydrogen-bond donors (Lipinski definition) is 2. The number of carbonyl (C=O) groups is 1. The first-order chi connectivity index (χ1) is 12.5. The van der Waals surface area contributed by atoms with E-state index >= 15 is 0 Å². The van der Waals surface area contributed by atoms with E-state index in [-0.39, 0.29) is 5.91 Å². The number of amides is 1. The highest BCUT2D eigenvalue weighted by Crippen LogP contribution is 2.20. The molecule has 2 aromatic carbocycles. The number of aryl methyl sites for hydroxylation is 2. The van der Waals surface area contributed by atoms with Gasteiger partial charge in [0.05, 0.1) is 0 Å². The predicted octanol–water partition coefficient (Wildman–Crippen LogP) is 4.08. The maximum atomic E-state index is 12.4. The Morgan fingerprint density at radius 3 is 2.54 bits per heavy atom. The third kappa shape index (κ3) is 4.06. The van der Waals surface area contributed by atoms with Crippen LogP contribution in [0.2, 0.25) is 0 Å². The quantitative estimate of drug-likeness (QED) is 0.731. The Bertz CT molecular complexity index is 937. The summed E-state index contributed by atoms with van der Waals surface area (Å²) in [5.41, 5.74) is 5.81.